The summed E-state index contributed by atoms with van der Waals surface area (Å²) < 4.78 is 16.1. The third-order valence-electron chi connectivity index (χ3n) is 3.93. The molecule has 1 aliphatic heterocycles. The number of hydrogen-bond donors (Lipinski definition) is 2. The quantitative estimate of drug-likeness (QED) is 0.743. The zero-order valence-corrected chi connectivity index (χ0v) is 15.6. The Hall–Kier alpha value is -2.48. The highest BCUT2D eigenvalue weighted by molar-refractivity contribution is 6.35. The van der Waals surface area contributed by atoms with Crippen LogP contribution in [-0.4, -0.2) is 17.7 Å². The van der Waals surface area contributed by atoms with Crippen molar-refractivity contribution in [3.05, 3.63) is 73.1 Å². The molecular weight excluding hydrogens is 397 g/mol. The number of benzene rings is 1. The summed E-state index contributed by atoms with van der Waals surface area (Å²) in [6.07, 6.45) is 0. The first kappa shape index (κ1) is 19.3. The van der Waals surface area contributed by atoms with Gasteiger partial charge in [-0.25, -0.2) is 4.79 Å². The van der Waals surface area contributed by atoms with Crippen molar-refractivity contribution in [1.29, 1.82) is 0 Å². The monoisotopic (exact) mass is 411 g/mol. The fourth-order valence-corrected chi connectivity index (χ4v) is 3.33. The first-order valence-electron chi connectivity index (χ1n) is 7.94. The molecule has 1 atom stereocenters. The maximum Gasteiger partial charge on any atom is 0.340 e. The van der Waals surface area contributed by atoms with E-state index in [1.807, 2.05) is 0 Å². The van der Waals surface area contributed by atoms with Gasteiger partial charge in [-0.3, -0.25) is 4.79 Å². The molecule has 7 nitrogen and oxygen atoms in total. The Bertz CT molecular complexity index is 998. The number of esters is 1. The first-order chi connectivity index (χ1) is 12.9. The molecule has 0 spiro atoms. The van der Waals surface area contributed by atoms with Crippen LogP contribution in [-0.2, 0) is 16.1 Å². The Labute approximate surface area is 163 Å². The molecule has 9 heteroatoms. The van der Waals surface area contributed by atoms with Crippen LogP contribution in [0.4, 0.5) is 0 Å². The third-order valence-corrected chi connectivity index (χ3v) is 4.50. The number of hydrogen-bond acceptors (Lipinski definition) is 7. The van der Waals surface area contributed by atoms with Gasteiger partial charge in [0.05, 0.1) is 12.5 Å². The van der Waals surface area contributed by atoms with E-state index in [0.717, 1.165) is 6.07 Å². The van der Waals surface area contributed by atoms with Gasteiger partial charge in [0.1, 0.15) is 17.9 Å². The van der Waals surface area contributed by atoms with E-state index in [4.69, 9.17) is 42.8 Å². The summed E-state index contributed by atoms with van der Waals surface area (Å²) in [5.41, 5.74) is 5.72. The molecule has 0 amide bonds. The van der Waals surface area contributed by atoms with Gasteiger partial charge in [-0.2, -0.15) is 0 Å². The number of halogens is 2. The molecule has 0 radical (unpaired) electrons. The molecule has 0 aliphatic carbocycles. The number of aliphatic hydroxyl groups excluding tert-OH is 1. The van der Waals surface area contributed by atoms with Gasteiger partial charge in [0.2, 0.25) is 17.1 Å². The molecule has 0 saturated carbocycles. The molecular formula is C18H15Cl2NO6. The van der Waals surface area contributed by atoms with Gasteiger partial charge in [0.25, 0.3) is 0 Å². The molecule has 3 rings (SSSR count). The van der Waals surface area contributed by atoms with Gasteiger partial charge in [-0.1, -0.05) is 29.3 Å². The van der Waals surface area contributed by atoms with Crippen LogP contribution in [0, 0.1) is 0 Å². The fourth-order valence-electron chi connectivity index (χ4n) is 2.82. The van der Waals surface area contributed by atoms with E-state index in [-0.39, 0.29) is 40.4 Å². The molecule has 1 aliphatic rings. The average molecular weight is 412 g/mol. The van der Waals surface area contributed by atoms with E-state index in [1.54, 1.807) is 19.1 Å². The molecule has 0 unspecified atom stereocenters. The second-order valence-corrected chi connectivity index (χ2v) is 6.47. The largest absolute Gasteiger partial charge is 0.462 e. The van der Waals surface area contributed by atoms with Crippen molar-refractivity contribution in [1.82, 2.24) is 0 Å². The van der Waals surface area contributed by atoms with E-state index in [0.29, 0.717) is 10.6 Å². The smallest absolute Gasteiger partial charge is 0.340 e. The highest BCUT2D eigenvalue weighted by Gasteiger charge is 2.40. The van der Waals surface area contributed by atoms with Crippen LogP contribution in [0.25, 0.3) is 0 Å². The molecule has 27 heavy (non-hydrogen) atoms. The molecule has 0 bridgehead atoms. The third kappa shape index (κ3) is 3.53. The zero-order valence-electron chi connectivity index (χ0n) is 14.1. The van der Waals surface area contributed by atoms with Gasteiger partial charge in [-0.15, -0.1) is 0 Å². The summed E-state index contributed by atoms with van der Waals surface area (Å²) in [5, 5.41) is 9.99. The van der Waals surface area contributed by atoms with Gasteiger partial charge in [-0.05, 0) is 24.6 Å². The molecule has 3 N–H and O–H groups in total. The molecule has 1 aromatic carbocycles. The van der Waals surface area contributed by atoms with Crippen molar-refractivity contribution in [2.75, 3.05) is 6.61 Å². The lowest BCUT2D eigenvalue weighted by Gasteiger charge is -2.27. The SMILES string of the molecule is CCOC(=O)C1=C(N)Oc2c(oc(CO)cc2=O)[C@H]1c1ccc(Cl)cc1Cl. The second kappa shape index (κ2) is 7.64. The highest BCUT2D eigenvalue weighted by atomic mass is 35.5. The number of carbonyl (C=O) groups is 1. The minimum atomic E-state index is -0.975. The number of aliphatic hydroxyl groups is 1. The summed E-state index contributed by atoms with van der Waals surface area (Å²) >= 11 is 12.3. The normalized spacial score (nSPS) is 15.9. The van der Waals surface area contributed by atoms with Crippen LogP contribution in [0.1, 0.15) is 29.9 Å². The van der Waals surface area contributed by atoms with Crippen LogP contribution in [0.5, 0.6) is 5.75 Å². The minimum absolute atomic E-state index is 0.00103. The minimum Gasteiger partial charge on any atom is -0.462 e. The lowest BCUT2D eigenvalue weighted by Crippen LogP contribution is -2.30. The average Bonchev–Trinajstić information content (AvgIpc) is 2.61. The predicted octanol–water partition coefficient (Wildman–Crippen LogP) is 2.70. The molecule has 2 heterocycles. The maximum atomic E-state index is 12.5. The van der Waals surface area contributed by atoms with Crippen LogP contribution in [0.3, 0.4) is 0 Å². The number of nitrogens with two attached hydrogens (primary N) is 1. The lowest BCUT2D eigenvalue weighted by molar-refractivity contribution is -0.139. The molecule has 0 saturated heterocycles. The Morgan fingerprint density at radius 2 is 2.07 bits per heavy atom. The zero-order chi connectivity index (χ0) is 19.7. The van der Waals surface area contributed by atoms with Gasteiger partial charge in [0.15, 0.2) is 5.76 Å². The molecule has 142 valence electrons. The summed E-state index contributed by atoms with van der Waals surface area (Å²) in [4.78, 5) is 24.9. The Morgan fingerprint density at radius 1 is 1.33 bits per heavy atom. The topological polar surface area (TPSA) is 112 Å². The van der Waals surface area contributed by atoms with Gasteiger partial charge in [0, 0.05) is 16.1 Å². The summed E-state index contributed by atoms with van der Waals surface area (Å²) in [7, 11) is 0. The predicted molar refractivity (Wildman–Crippen MR) is 97.7 cm³/mol. The highest BCUT2D eigenvalue weighted by Crippen LogP contribution is 2.44. The van der Waals surface area contributed by atoms with Crippen molar-refractivity contribution in [2.45, 2.75) is 19.4 Å². The molecule has 2 aromatic rings. The van der Waals surface area contributed by atoms with E-state index >= 15 is 0 Å². The van der Waals surface area contributed by atoms with Gasteiger partial charge < -0.3 is 24.7 Å². The summed E-state index contributed by atoms with van der Waals surface area (Å²) in [5.74, 6) is -2.20. The molecule has 0 fully saturated rings. The van der Waals surface area contributed by atoms with Crippen LogP contribution in [0.15, 0.2) is 44.9 Å². The van der Waals surface area contributed by atoms with E-state index in [1.165, 1.54) is 6.07 Å². The van der Waals surface area contributed by atoms with Crippen molar-refractivity contribution in [3.8, 4) is 5.75 Å². The number of ether oxygens (including phenoxy) is 2. The number of fused-ring (bicyclic) bond motifs is 1. The van der Waals surface area contributed by atoms with E-state index < -0.39 is 23.9 Å². The summed E-state index contributed by atoms with van der Waals surface area (Å²) in [6.45, 7) is 1.22. The number of rotatable bonds is 4. The Balaban J connectivity index is 2.31. The maximum absolute atomic E-state index is 12.5. The second-order valence-electron chi connectivity index (χ2n) is 5.63. The van der Waals surface area contributed by atoms with Crippen molar-refractivity contribution < 1.29 is 23.8 Å². The first-order valence-corrected chi connectivity index (χ1v) is 8.70. The van der Waals surface area contributed by atoms with Crippen LogP contribution < -0.4 is 15.9 Å². The summed E-state index contributed by atoms with van der Waals surface area (Å²) in [6, 6.07) is 5.73. The Morgan fingerprint density at radius 3 is 2.70 bits per heavy atom. The van der Waals surface area contributed by atoms with Gasteiger partial charge >= 0.3 is 5.97 Å². The van der Waals surface area contributed by atoms with E-state index in [9.17, 15) is 14.7 Å². The Kier molecular flexibility index (Phi) is 5.46. The van der Waals surface area contributed by atoms with Crippen molar-refractivity contribution in [3.63, 3.8) is 0 Å². The van der Waals surface area contributed by atoms with Crippen LogP contribution in [0.2, 0.25) is 10.0 Å². The van der Waals surface area contributed by atoms with E-state index in [2.05, 4.69) is 0 Å². The fraction of sp³-hybridized carbons (Fsp3) is 0.222. The van der Waals surface area contributed by atoms with Crippen molar-refractivity contribution in [2.24, 2.45) is 5.73 Å². The molecule has 1 aromatic heterocycles. The lowest BCUT2D eigenvalue weighted by atomic mass is 9.86. The van der Waals surface area contributed by atoms with Crippen LogP contribution >= 0.6 is 23.2 Å². The number of carbonyl (C=O) groups excluding carboxylic acids is 1. The standard InChI is InChI=1S/C18H15Cl2NO6/c1-2-25-18(24)14-13(10-4-3-8(19)5-11(10)20)16-15(27-17(14)21)12(23)6-9(7-22)26-16/h3-6,13,22H,2,7,21H2,1H3/t13-/m0/s1. The van der Waals surface area contributed by atoms with Crippen molar-refractivity contribution >= 4 is 29.2 Å².